The molecule has 2 aromatic carbocycles. The lowest BCUT2D eigenvalue weighted by atomic mass is 10.0. The molecule has 3 rings (SSSR count). The summed E-state index contributed by atoms with van der Waals surface area (Å²) >= 11 is 6.34. The summed E-state index contributed by atoms with van der Waals surface area (Å²) in [6.45, 7) is 4.05. The molecule has 0 unspecified atom stereocenters. The standard InChI is InChI=1S/C24H24ClN3/c1-4-11-21(25)16-22-23(26-17-28(22)3)18(2)27-24(19-12-7-5-8-13-19)20-14-9-6-10-15-20/h5-17H,4H2,1-3H3/b21-11+,22-16+,23-18-. The van der Waals surface area contributed by atoms with Gasteiger partial charge in [-0.05, 0) is 19.4 Å². The van der Waals surface area contributed by atoms with Crippen LogP contribution in [0.2, 0.25) is 0 Å². The average Bonchev–Trinajstić information content (AvgIpc) is 3.08. The highest BCUT2D eigenvalue weighted by Crippen LogP contribution is 2.13. The van der Waals surface area contributed by atoms with Gasteiger partial charge in [0.25, 0.3) is 0 Å². The van der Waals surface area contributed by atoms with Crippen molar-refractivity contribution in [2.75, 3.05) is 0 Å². The number of imidazole rings is 1. The molecular weight excluding hydrogens is 366 g/mol. The Hall–Kier alpha value is -2.91. The topological polar surface area (TPSA) is 30.2 Å². The van der Waals surface area contributed by atoms with E-state index in [9.17, 15) is 0 Å². The zero-order valence-corrected chi connectivity index (χ0v) is 17.2. The zero-order chi connectivity index (χ0) is 19.9. The van der Waals surface area contributed by atoms with Crippen LogP contribution in [-0.4, -0.2) is 15.3 Å². The predicted octanol–water partition coefficient (Wildman–Crippen LogP) is 4.40. The van der Waals surface area contributed by atoms with Gasteiger partial charge in [-0.1, -0.05) is 85.3 Å². The van der Waals surface area contributed by atoms with Crippen LogP contribution in [0.25, 0.3) is 11.8 Å². The van der Waals surface area contributed by atoms with Crippen LogP contribution in [0.15, 0.2) is 83.1 Å². The van der Waals surface area contributed by atoms with Gasteiger partial charge in [0, 0.05) is 23.2 Å². The minimum Gasteiger partial charge on any atom is -0.334 e. The van der Waals surface area contributed by atoms with Gasteiger partial charge in [0.1, 0.15) is 5.35 Å². The van der Waals surface area contributed by atoms with Crippen LogP contribution in [0, 0.1) is 0 Å². The summed E-state index contributed by atoms with van der Waals surface area (Å²) in [7, 11) is 1.96. The van der Waals surface area contributed by atoms with Crippen molar-refractivity contribution >= 4 is 29.1 Å². The second kappa shape index (κ2) is 9.34. The van der Waals surface area contributed by atoms with Gasteiger partial charge in [-0.2, -0.15) is 0 Å². The van der Waals surface area contributed by atoms with Crippen molar-refractivity contribution in [3.8, 4) is 0 Å². The molecule has 0 spiro atoms. The van der Waals surface area contributed by atoms with Crippen molar-refractivity contribution in [3.05, 3.63) is 99.9 Å². The van der Waals surface area contributed by atoms with E-state index in [1.54, 1.807) is 6.33 Å². The molecule has 0 fully saturated rings. The van der Waals surface area contributed by atoms with Crippen LogP contribution in [0.5, 0.6) is 0 Å². The maximum absolute atomic E-state index is 6.34. The number of rotatable bonds is 5. The van der Waals surface area contributed by atoms with Crippen molar-refractivity contribution in [3.63, 3.8) is 0 Å². The Bertz CT molecular complexity index is 1070. The Morgan fingerprint density at radius 3 is 2.14 bits per heavy atom. The quantitative estimate of drug-likeness (QED) is 0.595. The number of allylic oxidation sites excluding steroid dienone is 2. The first-order chi connectivity index (χ1) is 13.6. The normalized spacial score (nSPS) is 13.4. The Morgan fingerprint density at radius 2 is 1.61 bits per heavy atom. The van der Waals surface area contributed by atoms with Gasteiger partial charge in [-0.3, -0.25) is 4.99 Å². The smallest absolute Gasteiger partial charge is 0.110 e. The molecule has 28 heavy (non-hydrogen) atoms. The first-order valence-electron chi connectivity index (χ1n) is 9.35. The molecule has 0 bridgehead atoms. The number of aliphatic imine (C=N–C) groups is 1. The summed E-state index contributed by atoms with van der Waals surface area (Å²) in [6, 6.07) is 20.4. The lowest BCUT2D eigenvalue weighted by Gasteiger charge is -2.07. The Morgan fingerprint density at radius 1 is 1.04 bits per heavy atom. The minimum absolute atomic E-state index is 0.704. The molecule has 0 saturated carbocycles. The SMILES string of the molecule is CC\C=C(Cl)/C=c1\c(=C(/C)N=C(c2ccccc2)c2ccccc2)ncn1C. The molecule has 0 saturated heterocycles. The van der Waals surface area contributed by atoms with Crippen molar-refractivity contribution in [2.45, 2.75) is 20.3 Å². The molecule has 0 radical (unpaired) electrons. The van der Waals surface area contributed by atoms with E-state index >= 15 is 0 Å². The largest absolute Gasteiger partial charge is 0.334 e. The van der Waals surface area contributed by atoms with E-state index in [4.69, 9.17) is 16.6 Å². The first kappa shape index (κ1) is 19.8. The molecule has 0 N–H and O–H groups in total. The van der Waals surface area contributed by atoms with E-state index in [1.807, 2.05) is 67.1 Å². The van der Waals surface area contributed by atoms with Crippen LogP contribution in [0.3, 0.4) is 0 Å². The van der Waals surface area contributed by atoms with Gasteiger partial charge in [-0.15, -0.1) is 0 Å². The van der Waals surface area contributed by atoms with Crippen LogP contribution in [0.4, 0.5) is 0 Å². The van der Waals surface area contributed by atoms with Gasteiger partial charge in [0.2, 0.25) is 0 Å². The monoisotopic (exact) mass is 389 g/mol. The second-order valence-electron chi connectivity index (χ2n) is 6.51. The van der Waals surface area contributed by atoms with Gasteiger partial charge in [-0.25, -0.2) is 4.98 Å². The molecule has 0 atom stereocenters. The van der Waals surface area contributed by atoms with Crippen molar-refractivity contribution in [2.24, 2.45) is 12.0 Å². The fourth-order valence-corrected chi connectivity index (χ4v) is 3.24. The second-order valence-corrected chi connectivity index (χ2v) is 6.95. The van der Waals surface area contributed by atoms with E-state index in [1.165, 1.54) is 0 Å². The van der Waals surface area contributed by atoms with Crippen molar-refractivity contribution in [1.29, 1.82) is 0 Å². The number of aromatic nitrogens is 2. The van der Waals surface area contributed by atoms with E-state index < -0.39 is 0 Å². The van der Waals surface area contributed by atoms with E-state index in [0.717, 1.165) is 39.7 Å². The van der Waals surface area contributed by atoms with Crippen LogP contribution in [0.1, 0.15) is 31.4 Å². The molecule has 3 aromatic rings. The van der Waals surface area contributed by atoms with E-state index in [-0.39, 0.29) is 0 Å². The molecule has 0 aliphatic carbocycles. The molecule has 3 nitrogen and oxygen atoms in total. The molecular formula is C24H24ClN3. The van der Waals surface area contributed by atoms with Gasteiger partial charge in [0.05, 0.1) is 23.1 Å². The fraction of sp³-hybridized carbons (Fsp3) is 0.167. The van der Waals surface area contributed by atoms with Gasteiger partial charge < -0.3 is 4.57 Å². The lowest BCUT2D eigenvalue weighted by molar-refractivity contribution is 0.880. The highest BCUT2D eigenvalue weighted by Gasteiger charge is 2.08. The summed E-state index contributed by atoms with van der Waals surface area (Å²) in [5.74, 6) is 0. The third-order valence-corrected chi connectivity index (χ3v) is 4.64. The van der Waals surface area contributed by atoms with Crippen molar-refractivity contribution < 1.29 is 0 Å². The maximum Gasteiger partial charge on any atom is 0.110 e. The summed E-state index contributed by atoms with van der Waals surface area (Å²) in [6.07, 6.45) is 6.60. The third kappa shape index (κ3) is 4.68. The van der Waals surface area contributed by atoms with E-state index in [2.05, 4.69) is 36.2 Å². The predicted molar refractivity (Wildman–Crippen MR) is 119 cm³/mol. The van der Waals surface area contributed by atoms with Crippen LogP contribution < -0.4 is 10.7 Å². The number of hydrogen-bond donors (Lipinski definition) is 0. The maximum atomic E-state index is 6.34. The summed E-state index contributed by atoms with van der Waals surface area (Å²) in [5.41, 5.74) is 3.90. The molecule has 1 aromatic heterocycles. The summed E-state index contributed by atoms with van der Waals surface area (Å²) in [5, 5.41) is 2.47. The molecule has 0 amide bonds. The minimum atomic E-state index is 0.704. The number of nitrogens with zero attached hydrogens (tertiary/aromatic N) is 3. The number of benzene rings is 2. The molecule has 1 heterocycles. The molecule has 0 aliphatic rings. The summed E-state index contributed by atoms with van der Waals surface area (Å²) < 4.78 is 1.96. The number of aryl methyl sites for hydroxylation is 1. The lowest BCUT2D eigenvalue weighted by Crippen LogP contribution is -2.30. The molecule has 4 heteroatoms. The fourth-order valence-electron chi connectivity index (χ4n) is 2.98. The Kier molecular flexibility index (Phi) is 6.62. The van der Waals surface area contributed by atoms with Crippen LogP contribution >= 0.6 is 11.6 Å². The molecule has 0 aliphatic heterocycles. The van der Waals surface area contributed by atoms with Crippen LogP contribution in [-0.2, 0) is 7.05 Å². The first-order valence-corrected chi connectivity index (χ1v) is 9.73. The highest BCUT2D eigenvalue weighted by atomic mass is 35.5. The Labute approximate surface area is 171 Å². The van der Waals surface area contributed by atoms with Crippen molar-refractivity contribution in [1.82, 2.24) is 9.55 Å². The zero-order valence-electron chi connectivity index (χ0n) is 16.4. The third-order valence-electron chi connectivity index (χ3n) is 4.37. The molecule has 142 valence electrons. The Balaban J connectivity index is 2.24. The summed E-state index contributed by atoms with van der Waals surface area (Å²) in [4.78, 5) is 9.56. The van der Waals surface area contributed by atoms with Gasteiger partial charge >= 0.3 is 0 Å². The number of hydrogen-bond acceptors (Lipinski definition) is 2. The van der Waals surface area contributed by atoms with Gasteiger partial charge in [0.15, 0.2) is 0 Å². The van der Waals surface area contributed by atoms with E-state index in [0.29, 0.717) is 5.03 Å². The average molecular weight is 390 g/mol. The highest BCUT2D eigenvalue weighted by molar-refractivity contribution is 6.33. The number of halogens is 1.